The first-order valence-electron chi connectivity index (χ1n) is 8.91. The molecule has 0 saturated carbocycles. The molecule has 136 valence electrons. The van der Waals surface area contributed by atoms with Crippen molar-refractivity contribution in [2.45, 2.75) is 32.3 Å². The van der Waals surface area contributed by atoms with E-state index in [4.69, 9.17) is 4.74 Å². The molecule has 0 bridgehead atoms. The number of rotatable bonds is 7. The van der Waals surface area contributed by atoms with Gasteiger partial charge in [-0.05, 0) is 43.7 Å². The Hall–Kier alpha value is -2.66. The summed E-state index contributed by atoms with van der Waals surface area (Å²) < 4.78 is 5.38. The first kappa shape index (κ1) is 18.1. The largest absolute Gasteiger partial charge is 0.494 e. The molecule has 0 aromatic heterocycles. The van der Waals surface area contributed by atoms with Crippen LogP contribution in [0.25, 0.3) is 0 Å². The topological polar surface area (TPSA) is 66.8 Å². The van der Waals surface area contributed by atoms with Gasteiger partial charge in [0.05, 0.1) is 18.7 Å². The molecule has 2 aromatic rings. The molecular weight excluding hydrogens is 330 g/mol. The summed E-state index contributed by atoms with van der Waals surface area (Å²) in [7, 11) is 0. The number of hydrogen-bond acceptors (Lipinski definition) is 4. The van der Waals surface area contributed by atoms with Gasteiger partial charge in [-0.15, -0.1) is 0 Å². The summed E-state index contributed by atoms with van der Waals surface area (Å²) in [4.78, 5) is 27.2. The van der Waals surface area contributed by atoms with E-state index in [1.165, 1.54) is 0 Å². The quantitative estimate of drug-likeness (QED) is 0.776. The summed E-state index contributed by atoms with van der Waals surface area (Å²) in [6, 6.07) is 13.9. The third kappa shape index (κ3) is 3.10. The van der Waals surface area contributed by atoms with Crippen molar-refractivity contribution in [1.82, 2.24) is 0 Å². The number of amides is 1. The molecule has 3 rings (SSSR count). The zero-order chi connectivity index (χ0) is 18.7. The minimum Gasteiger partial charge on any atom is -0.494 e. The van der Waals surface area contributed by atoms with E-state index in [9.17, 15) is 14.7 Å². The van der Waals surface area contributed by atoms with Crippen LogP contribution in [0.3, 0.4) is 0 Å². The van der Waals surface area contributed by atoms with Gasteiger partial charge in [-0.2, -0.15) is 0 Å². The minimum absolute atomic E-state index is 0.281. The van der Waals surface area contributed by atoms with E-state index < -0.39 is 11.5 Å². The number of ether oxygens (including phenoxy) is 1. The second kappa shape index (κ2) is 7.30. The van der Waals surface area contributed by atoms with Crippen molar-refractivity contribution in [3.8, 4) is 5.75 Å². The number of ketones is 1. The zero-order valence-electron chi connectivity index (χ0n) is 15.1. The lowest BCUT2D eigenvalue weighted by atomic mass is 9.88. The van der Waals surface area contributed by atoms with Crippen molar-refractivity contribution >= 4 is 17.4 Å². The van der Waals surface area contributed by atoms with Gasteiger partial charge in [0.15, 0.2) is 11.4 Å². The van der Waals surface area contributed by atoms with Crippen LogP contribution in [0.2, 0.25) is 0 Å². The number of hydrogen-bond donors (Lipinski definition) is 1. The fourth-order valence-electron chi connectivity index (χ4n) is 3.36. The second-order valence-electron chi connectivity index (χ2n) is 6.39. The maximum atomic E-state index is 12.9. The lowest BCUT2D eigenvalue weighted by molar-refractivity contribution is -0.135. The van der Waals surface area contributed by atoms with E-state index in [1.54, 1.807) is 41.3 Å². The van der Waals surface area contributed by atoms with Gasteiger partial charge in [0.2, 0.25) is 0 Å². The highest BCUT2D eigenvalue weighted by Gasteiger charge is 2.50. The van der Waals surface area contributed by atoms with Crippen molar-refractivity contribution in [2.75, 3.05) is 18.1 Å². The van der Waals surface area contributed by atoms with Gasteiger partial charge in [0.25, 0.3) is 5.91 Å². The van der Waals surface area contributed by atoms with E-state index >= 15 is 0 Å². The number of carbonyl (C=O) groups is 2. The molecule has 0 unspecified atom stereocenters. The fourth-order valence-corrected chi connectivity index (χ4v) is 3.36. The molecule has 1 aliphatic rings. The molecular formula is C21H23NO4. The van der Waals surface area contributed by atoms with E-state index in [1.807, 2.05) is 26.0 Å². The molecule has 0 aliphatic carbocycles. The van der Waals surface area contributed by atoms with Crippen LogP contribution in [-0.2, 0) is 10.4 Å². The molecule has 0 saturated heterocycles. The van der Waals surface area contributed by atoms with Crippen LogP contribution >= 0.6 is 0 Å². The predicted octanol–water partition coefficient (Wildman–Crippen LogP) is 3.30. The Balaban J connectivity index is 1.88. The second-order valence-corrected chi connectivity index (χ2v) is 6.39. The van der Waals surface area contributed by atoms with E-state index in [0.717, 1.165) is 6.42 Å². The van der Waals surface area contributed by atoms with Gasteiger partial charge in [0, 0.05) is 17.7 Å². The van der Waals surface area contributed by atoms with Crippen molar-refractivity contribution in [3.63, 3.8) is 0 Å². The normalized spacial score (nSPS) is 18.7. The number of Topliss-reactive ketones (excluding diaryl/α,β-unsaturated/α-hetero) is 1. The lowest BCUT2D eigenvalue weighted by Crippen LogP contribution is -2.42. The Morgan fingerprint density at radius 3 is 2.46 bits per heavy atom. The predicted molar refractivity (Wildman–Crippen MR) is 99.5 cm³/mol. The Labute approximate surface area is 153 Å². The summed E-state index contributed by atoms with van der Waals surface area (Å²) in [5.74, 6) is -0.0314. The summed E-state index contributed by atoms with van der Waals surface area (Å²) >= 11 is 0. The molecule has 0 spiro atoms. The molecule has 1 aliphatic heterocycles. The van der Waals surface area contributed by atoms with Gasteiger partial charge in [-0.25, -0.2) is 0 Å². The Morgan fingerprint density at radius 2 is 1.81 bits per heavy atom. The SMILES string of the molecule is CCCN1C(=O)[C@](O)(CC(=O)c2ccc(OCC)cc2)c2ccccc21. The van der Waals surface area contributed by atoms with Crippen LogP contribution in [0.15, 0.2) is 48.5 Å². The van der Waals surface area contributed by atoms with Crippen molar-refractivity contribution in [3.05, 3.63) is 59.7 Å². The van der Waals surface area contributed by atoms with Crippen LogP contribution in [0, 0.1) is 0 Å². The molecule has 0 radical (unpaired) electrons. The van der Waals surface area contributed by atoms with Crippen LogP contribution < -0.4 is 9.64 Å². The minimum atomic E-state index is -1.82. The first-order valence-corrected chi connectivity index (χ1v) is 8.91. The van der Waals surface area contributed by atoms with Gasteiger partial charge in [-0.3, -0.25) is 9.59 Å². The number of aliphatic hydroxyl groups is 1. The highest BCUT2D eigenvalue weighted by molar-refractivity contribution is 6.10. The van der Waals surface area contributed by atoms with Crippen molar-refractivity contribution in [2.24, 2.45) is 0 Å². The van der Waals surface area contributed by atoms with Crippen LogP contribution in [0.1, 0.15) is 42.6 Å². The Morgan fingerprint density at radius 1 is 1.12 bits per heavy atom. The third-order valence-corrected chi connectivity index (χ3v) is 4.59. The molecule has 5 heteroatoms. The monoisotopic (exact) mass is 353 g/mol. The standard InChI is InChI=1S/C21H23NO4/c1-3-13-22-18-8-6-5-7-17(18)21(25,20(22)24)14-19(23)15-9-11-16(12-10-15)26-4-2/h5-12,25H,3-4,13-14H2,1-2H3/t21-/m0/s1. The molecule has 2 aromatic carbocycles. The molecule has 26 heavy (non-hydrogen) atoms. The highest BCUT2D eigenvalue weighted by Crippen LogP contribution is 2.42. The average Bonchev–Trinajstić information content (AvgIpc) is 2.85. The van der Waals surface area contributed by atoms with Gasteiger partial charge in [-0.1, -0.05) is 25.1 Å². The Kier molecular flexibility index (Phi) is 5.09. The zero-order valence-corrected chi connectivity index (χ0v) is 15.1. The van der Waals surface area contributed by atoms with Gasteiger partial charge < -0.3 is 14.7 Å². The van der Waals surface area contributed by atoms with Gasteiger partial charge in [0.1, 0.15) is 5.75 Å². The number of carbonyl (C=O) groups excluding carboxylic acids is 2. The van der Waals surface area contributed by atoms with Crippen molar-refractivity contribution in [1.29, 1.82) is 0 Å². The van der Waals surface area contributed by atoms with E-state index in [0.29, 0.717) is 35.7 Å². The highest BCUT2D eigenvalue weighted by atomic mass is 16.5. The van der Waals surface area contributed by atoms with Gasteiger partial charge >= 0.3 is 0 Å². The molecule has 1 atom stereocenters. The summed E-state index contributed by atoms with van der Waals surface area (Å²) in [5.41, 5.74) is -0.193. The third-order valence-electron chi connectivity index (χ3n) is 4.59. The average molecular weight is 353 g/mol. The van der Waals surface area contributed by atoms with Crippen LogP contribution in [0.4, 0.5) is 5.69 Å². The van der Waals surface area contributed by atoms with E-state index in [-0.39, 0.29) is 12.2 Å². The molecule has 0 fully saturated rings. The summed E-state index contributed by atoms with van der Waals surface area (Å²) in [6.07, 6.45) is 0.486. The van der Waals surface area contributed by atoms with Crippen molar-refractivity contribution < 1.29 is 19.4 Å². The first-order chi connectivity index (χ1) is 12.5. The lowest BCUT2D eigenvalue weighted by Gasteiger charge is -2.22. The molecule has 1 heterocycles. The van der Waals surface area contributed by atoms with Crippen LogP contribution in [0.5, 0.6) is 5.75 Å². The number of benzene rings is 2. The molecule has 5 nitrogen and oxygen atoms in total. The fraction of sp³-hybridized carbons (Fsp3) is 0.333. The smallest absolute Gasteiger partial charge is 0.264 e. The summed E-state index contributed by atoms with van der Waals surface area (Å²) in [6.45, 7) is 4.92. The molecule has 1 N–H and O–H groups in total. The Bertz CT molecular complexity index is 815. The number of nitrogens with zero attached hydrogens (tertiary/aromatic N) is 1. The number of para-hydroxylation sites is 1. The number of fused-ring (bicyclic) bond motifs is 1. The van der Waals surface area contributed by atoms with E-state index in [2.05, 4.69) is 0 Å². The molecule has 1 amide bonds. The number of anilines is 1. The maximum Gasteiger partial charge on any atom is 0.264 e. The van der Waals surface area contributed by atoms with Crippen LogP contribution in [-0.4, -0.2) is 29.9 Å². The maximum absolute atomic E-state index is 12.9. The summed E-state index contributed by atoms with van der Waals surface area (Å²) in [5, 5.41) is 11.1.